The molecule has 0 saturated heterocycles. The van der Waals surface area contributed by atoms with Crippen LogP contribution in [0.5, 0.6) is 0 Å². The van der Waals surface area contributed by atoms with E-state index in [-0.39, 0.29) is 18.7 Å². The molecule has 6 nitrogen and oxygen atoms in total. The second kappa shape index (κ2) is 9.05. The molecule has 0 spiro atoms. The number of carbonyl (C=O) groups excluding carboxylic acids is 2. The van der Waals surface area contributed by atoms with Gasteiger partial charge in [-0.2, -0.15) is 0 Å². The molecular weight excluding hydrogens is 328 g/mol. The van der Waals surface area contributed by atoms with Crippen LogP contribution in [0.3, 0.4) is 0 Å². The molecular formula is C17H20N2O4S. The Balaban J connectivity index is 1.99. The molecule has 0 saturated carbocycles. The fraction of sp³-hybridized carbons (Fsp3) is 0.294. The maximum absolute atomic E-state index is 12.2. The molecule has 0 aliphatic heterocycles. The lowest BCUT2D eigenvalue weighted by atomic mass is 10.0. The van der Waals surface area contributed by atoms with E-state index in [0.717, 1.165) is 16.9 Å². The summed E-state index contributed by atoms with van der Waals surface area (Å²) in [5.74, 6) is -0.432. The van der Waals surface area contributed by atoms with Crippen LogP contribution in [0.2, 0.25) is 0 Å². The molecule has 1 unspecified atom stereocenters. The summed E-state index contributed by atoms with van der Waals surface area (Å²) in [7, 11) is 1.31. The topological polar surface area (TPSA) is 87.7 Å². The van der Waals surface area contributed by atoms with E-state index in [0.29, 0.717) is 22.7 Å². The smallest absolute Gasteiger partial charge is 0.348 e. The summed E-state index contributed by atoms with van der Waals surface area (Å²) in [5, 5.41) is 15.2. The summed E-state index contributed by atoms with van der Waals surface area (Å²) >= 11 is 1.15. The zero-order chi connectivity index (χ0) is 17.4. The Kier molecular flexibility index (Phi) is 6.77. The Bertz CT molecular complexity index is 672. The highest BCUT2D eigenvalue weighted by molar-refractivity contribution is 7.18. The van der Waals surface area contributed by atoms with E-state index >= 15 is 0 Å². The number of methoxy groups -OCH3 is 1. The zero-order valence-electron chi connectivity index (χ0n) is 13.3. The number of ether oxygens (including phenoxy) is 1. The number of anilines is 1. The van der Waals surface area contributed by atoms with Crippen molar-refractivity contribution in [1.82, 2.24) is 5.32 Å². The van der Waals surface area contributed by atoms with Gasteiger partial charge in [-0.25, -0.2) is 9.59 Å². The molecule has 24 heavy (non-hydrogen) atoms. The van der Waals surface area contributed by atoms with Crippen LogP contribution in [0, 0.1) is 0 Å². The van der Waals surface area contributed by atoms with Crippen LogP contribution in [0.25, 0.3) is 0 Å². The first-order valence-corrected chi connectivity index (χ1v) is 8.37. The number of aliphatic hydroxyl groups excluding tert-OH is 1. The van der Waals surface area contributed by atoms with Crippen LogP contribution in [-0.2, 0) is 4.74 Å². The number of urea groups is 1. The summed E-state index contributed by atoms with van der Waals surface area (Å²) in [4.78, 5) is 24.1. The molecule has 2 aromatic rings. The van der Waals surface area contributed by atoms with E-state index in [1.54, 1.807) is 12.1 Å². The number of esters is 1. The Morgan fingerprint density at radius 2 is 1.96 bits per heavy atom. The van der Waals surface area contributed by atoms with Gasteiger partial charge in [0.25, 0.3) is 0 Å². The highest BCUT2D eigenvalue weighted by Gasteiger charge is 2.15. The van der Waals surface area contributed by atoms with E-state index in [9.17, 15) is 9.59 Å². The van der Waals surface area contributed by atoms with Gasteiger partial charge in [-0.15, -0.1) is 11.3 Å². The van der Waals surface area contributed by atoms with E-state index in [4.69, 9.17) is 5.11 Å². The van der Waals surface area contributed by atoms with Crippen molar-refractivity contribution in [2.75, 3.05) is 19.0 Å². The van der Waals surface area contributed by atoms with Crippen molar-refractivity contribution in [3.8, 4) is 0 Å². The summed E-state index contributed by atoms with van der Waals surface area (Å²) in [6.07, 6.45) is 1.22. The minimum Gasteiger partial charge on any atom is -0.465 e. The van der Waals surface area contributed by atoms with Gasteiger partial charge in [-0.05, 0) is 30.5 Å². The first-order chi connectivity index (χ1) is 11.6. The fourth-order valence-corrected chi connectivity index (χ4v) is 3.04. The zero-order valence-corrected chi connectivity index (χ0v) is 14.1. The van der Waals surface area contributed by atoms with Crippen LogP contribution in [-0.4, -0.2) is 30.8 Å². The molecule has 7 heteroatoms. The molecule has 3 N–H and O–H groups in total. The van der Waals surface area contributed by atoms with Crippen LogP contribution in [0.1, 0.15) is 34.1 Å². The van der Waals surface area contributed by atoms with Crippen molar-refractivity contribution in [3.63, 3.8) is 0 Å². The van der Waals surface area contributed by atoms with Crippen molar-refractivity contribution in [2.45, 2.75) is 18.9 Å². The van der Waals surface area contributed by atoms with E-state index in [1.165, 1.54) is 7.11 Å². The normalized spacial score (nSPS) is 11.6. The van der Waals surface area contributed by atoms with E-state index in [2.05, 4.69) is 15.4 Å². The number of thiophene rings is 1. The average molecular weight is 348 g/mol. The number of carbonyl (C=O) groups is 2. The van der Waals surface area contributed by atoms with Gasteiger partial charge in [0.2, 0.25) is 0 Å². The molecule has 1 aromatic heterocycles. The Morgan fingerprint density at radius 3 is 2.62 bits per heavy atom. The van der Waals surface area contributed by atoms with Crippen LogP contribution in [0.4, 0.5) is 9.80 Å². The number of benzene rings is 1. The molecule has 0 bridgehead atoms. The standard InChI is InChI=1S/C17H20N2O4S/c1-23-16(21)14-9-10-15(24-14)19-17(22)18-13(8-5-11-20)12-6-3-2-4-7-12/h2-4,6-7,9-10,13,20H,5,8,11H2,1H3,(H2,18,19,22). The predicted molar refractivity (Wildman–Crippen MR) is 93.3 cm³/mol. The monoisotopic (exact) mass is 348 g/mol. The predicted octanol–water partition coefficient (Wildman–Crippen LogP) is 3.17. The van der Waals surface area contributed by atoms with Crippen molar-refractivity contribution in [3.05, 3.63) is 52.9 Å². The Hall–Kier alpha value is -2.38. The lowest BCUT2D eigenvalue weighted by Crippen LogP contribution is -2.32. The van der Waals surface area contributed by atoms with Crippen molar-refractivity contribution >= 4 is 28.3 Å². The summed E-state index contributed by atoms with van der Waals surface area (Å²) < 4.78 is 4.64. The van der Waals surface area contributed by atoms with Crippen LogP contribution >= 0.6 is 11.3 Å². The molecule has 128 valence electrons. The molecule has 1 heterocycles. The van der Waals surface area contributed by atoms with Gasteiger partial charge in [0, 0.05) is 6.61 Å². The van der Waals surface area contributed by atoms with Gasteiger partial charge in [0.15, 0.2) is 0 Å². The Morgan fingerprint density at radius 1 is 1.21 bits per heavy atom. The van der Waals surface area contributed by atoms with E-state index in [1.807, 2.05) is 30.3 Å². The Labute approximate surface area is 144 Å². The van der Waals surface area contributed by atoms with Gasteiger partial charge in [-0.3, -0.25) is 5.32 Å². The van der Waals surface area contributed by atoms with Gasteiger partial charge in [-0.1, -0.05) is 30.3 Å². The van der Waals surface area contributed by atoms with Crippen molar-refractivity contribution < 1.29 is 19.4 Å². The first-order valence-electron chi connectivity index (χ1n) is 7.55. The number of hydrogen-bond donors (Lipinski definition) is 3. The summed E-state index contributed by atoms with van der Waals surface area (Å²) in [5.41, 5.74) is 0.975. The fourth-order valence-electron chi connectivity index (χ4n) is 2.22. The minimum absolute atomic E-state index is 0.0695. The van der Waals surface area contributed by atoms with Crippen LogP contribution in [0.15, 0.2) is 42.5 Å². The molecule has 0 fully saturated rings. The maximum atomic E-state index is 12.2. The number of rotatable bonds is 7. The number of amides is 2. The van der Waals surface area contributed by atoms with Crippen molar-refractivity contribution in [2.24, 2.45) is 0 Å². The lowest BCUT2D eigenvalue weighted by molar-refractivity contribution is 0.0606. The van der Waals surface area contributed by atoms with Crippen LogP contribution < -0.4 is 10.6 Å². The molecule has 0 radical (unpaired) electrons. The van der Waals surface area contributed by atoms with Gasteiger partial charge < -0.3 is 15.2 Å². The maximum Gasteiger partial charge on any atom is 0.348 e. The highest BCUT2D eigenvalue weighted by atomic mass is 32.1. The summed E-state index contributed by atoms with van der Waals surface area (Å²) in [6.45, 7) is 0.0695. The molecule has 1 atom stereocenters. The molecule has 0 aliphatic rings. The van der Waals surface area contributed by atoms with Crippen molar-refractivity contribution in [1.29, 1.82) is 0 Å². The number of hydrogen-bond acceptors (Lipinski definition) is 5. The second-order valence-electron chi connectivity index (χ2n) is 5.08. The SMILES string of the molecule is COC(=O)c1ccc(NC(=O)NC(CCCO)c2ccccc2)s1. The summed E-state index contributed by atoms with van der Waals surface area (Å²) in [6, 6.07) is 12.3. The lowest BCUT2D eigenvalue weighted by Gasteiger charge is -2.19. The molecule has 0 aliphatic carbocycles. The third-order valence-corrected chi connectivity index (χ3v) is 4.37. The third kappa shape index (κ3) is 5.07. The first kappa shape index (κ1) is 18.0. The van der Waals surface area contributed by atoms with Gasteiger partial charge in [0.05, 0.1) is 18.2 Å². The molecule has 1 aromatic carbocycles. The van der Waals surface area contributed by atoms with E-state index < -0.39 is 5.97 Å². The van der Waals surface area contributed by atoms with Gasteiger partial charge >= 0.3 is 12.0 Å². The highest BCUT2D eigenvalue weighted by Crippen LogP contribution is 2.23. The third-order valence-electron chi connectivity index (χ3n) is 3.39. The quantitative estimate of drug-likeness (QED) is 0.671. The van der Waals surface area contributed by atoms with Gasteiger partial charge in [0.1, 0.15) is 4.88 Å². The number of nitrogens with one attached hydrogen (secondary N) is 2. The minimum atomic E-state index is -0.432. The number of aliphatic hydroxyl groups is 1. The largest absolute Gasteiger partial charge is 0.465 e. The molecule has 2 rings (SSSR count). The average Bonchev–Trinajstić information content (AvgIpc) is 3.07. The second-order valence-corrected chi connectivity index (χ2v) is 6.17. The molecule has 2 amide bonds.